The van der Waals surface area contributed by atoms with Crippen molar-refractivity contribution in [3.8, 4) is 0 Å². The van der Waals surface area contributed by atoms with Crippen molar-refractivity contribution < 1.29 is 4.92 Å². The first kappa shape index (κ1) is 9.80. The zero-order valence-corrected chi connectivity index (χ0v) is 7.80. The van der Waals surface area contributed by atoms with Gasteiger partial charge in [0.1, 0.15) is 0 Å². The number of thiocarbonyl (C=S) groups is 1. The zero-order chi connectivity index (χ0) is 9.84. The van der Waals surface area contributed by atoms with E-state index in [-0.39, 0.29) is 16.4 Å². The molecule has 0 aliphatic rings. The second kappa shape index (κ2) is 4.09. The maximum atomic E-state index is 10.5. The van der Waals surface area contributed by atoms with Crippen LogP contribution in [-0.4, -0.2) is 10.1 Å². The van der Waals surface area contributed by atoms with Gasteiger partial charge in [0.15, 0.2) is 5.69 Å². The molecule has 1 aromatic carbocycles. The molecule has 0 aliphatic carbocycles. The molecule has 0 bridgehead atoms. The van der Waals surface area contributed by atoms with Crippen LogP contribution in [0.1, 0.15) is 0 Å². The molecule has 1 rings (SSSR count). The van der Waals surface area contributed by atoms with Gasteiger partial charge in [-0.25, -0.2) is 0 Å². The lowest BCUT2D eigenvalue weighted by molar-refractivity contribution is -0.384. The minimum atomic E-state index is -0.572. The minimum absolute atomic E-state index is 0.157. The predicted octanol–water partition coefficient (Wildman–Crippen LogP) is 2.98. The van der Waals surface area contributed by atoms with Crippen LogP contribution in [0.25, 0.3) is 0 Å². The van der Waals surface area contributed by atoms with E-state index in [1.807, 2.05) is 0 Å². The highest BCUT2D eigenvalue weighted by Crippen LogP contribution is 2.29. The fourth-order valence-corrected chi connectivity index (χ4v) is 1.05. The number of rotatable bonds is 2. The Morgan fingerprint density at radius 3 is 2.85 bits per heavy atom. The molecule has 1 aromatic rings. The van der Waals surface area contributed by atoms with Crippen molar-refractivity contribution in [3.05, 3.63) is 33.3 Å². The number of hydrogen-bond acceptors (Lipinski definition) is 4. The molecular formula is C7H3ClN2O2S. The molecule has 66 valence electrons. The summed E-state index contributed by atoms with van der Waals surface area (Å²) < 4.78 is 0. The van der Waals surface area contributed by atoms with Crippen LogP contribution < -0.4 is 0 Å². The molecule has 0 aromatic heterocycles. The molecule has 0 N–H and O–H groups in total. The van der Waals surface area contributed by atoms with Crippen LogP contribution in [-0.2, 0) is 0 Å². The smallest absolute Gasteiger partial charge is 0.258 e. The predicted molar refractivity (Wildman–Crippen MR) is 52.8 cm³/mol. The zero-order valence-electron chi connectivity index (χ0n) is 6.23. The van der Waals surface area contributed by atoms with Crippen LogP contribution in [0.2, 0.25) is 5.02 Å². The highest BCUT2D eigenvalue weighted by Gasteiger charge is 2.12. The van der Waals surface area contributed by atoms with E-state index in [4.69, 9.17) is 11.6 Å². The Morgan fingerprint density at radius 1 is 1.62 bits per heavy atom. The number of halogens is 1. The van der Waals surface area contributed by atoms with Crippen molar-refractivity contribution in [2.45, 2.75) is 0 Å². The number of isothiocyanates is 1. The molecule has 13 heavy (non-hydrogen) atoms. The Balaban J connectivity index is 3.34. The summed E-state index contributed by atoms with van der Waals surface area (Å²) in [6.45, 7) is 0. The fraction of sp³-hybridized carbons (Fsp3) is 0. The van der Waals surface area contributed by atoms with Gasteiger partial charge in [0.05, 0.1) is 10.1 Å². The van der Waals surface area contributed by atoms with E-state index < -0.39 is 4.92 Å². The standard InChI is InChI=1S/C7H3ClN2O2S/c8-5-1-2-6(9-4-13)7(3-5)10(11)12/h1-3H. The maximum Gasteiger partial charge on any atom is 0.297 e. The molecule has 4 nitrogen and oxygen atoms in total. The van der Waals surface area contributed by atoms with Gasteiger partial charge in [-0.2, -0.15) is 4.99 Å². The molecule has 6 heteroatoms. The number of nitro groups is 1. The maximum absolute atomic E-state index is 10.5. The van der Waals surface area contributed by atoms with Gasteiger partial charge in [-0.15, -0.1) is 0 Å². The molecule has 0 spiro atoms. The van der Waals surface area contributed by atoms with Crippen LogP contribution in [0.5, 0.6) is 0 Å². The van der Waals surface area contributed by atoms with Crippen molar-refractivity contribution in [1.29, 1.82) is 0 Å². The Morgan fingerprint density at radius 2 is 2.31 bits per heavy atom. The van der Waals surface area contributed by atoms with Crippen LogP contribution >= 0.6 is 23.8 Å². The Kier molecular flexibility index (Phi) is 3.08. The highest BCUT2D eigenvalue weighted by molar-refractivity contribution is 7.78. The molecule has 0 aliphatic heterocycles. The second-order valence-corrected chi connectivity index (χ2v) is 2.71. The topological polar surface area (TPSA) is 55.5 Å². The number of aliphatic imine (C=N–C) groups is 1. The first-order chi connectivity index (χ1) is 6.15. The molecule has 0 amide bonds. The monoisotopic (exact) mass is 214 g/mol. The van der Waals surface area contributed by atoms with Crippen LogP contribution in [0.4, 0.5) is 11.4 Å². The summed E-state index contributed by atoms with van der Waals surface area (Å²) in [7, 11) is 0. The number of nitro benzene ring substituents is 1. The van der Waals surface area contributed by atoms with E-state index in [2.05, 4.69) is 22.4 Å². The van der Waals surface area contributed by atoms with Crippen molar-refractivity contribution in [2.24, 2.45) is 4.99 Å². The van der Waals surface area contributed by atoms with Crippen molar-refractivity contribution >= 4 is 40.4 Å². The first-order valence-electron chi connectivity index (χ1n) is 3.17. The normalized spacial score (nSPS) is 9.00. The average molecular weight is 215 g/mol. The van der Waals surface area contributed by atoms with Gasteiger partial charge in [-0.05, 0) is 24.4 Å². The lowest BCUT2D eigenvalue weighted by Gasteiger charge is -1.95. The Labute approximate surface area is 84.0 Å². The Bertz CT molecular complexity index is 401. The van der Waals surface area contributed by atoms with Crippen LogP contribution in [0, 0.1) is 10.1 Å². The summed E-state index contributed by atoms with van der Waals surface area (Å²) in [4.78, 5) is 13.4. The summed E-state index contributed by atoms with van der Waals surface area (Å²) in [6, 6.07) is 4.13. The molecule has 0 fully saturated rings. The summed E-state index contributed by atoms with van der Waals surface area (Å²) in [6.07, 6.45) is 0. The van der Waals surface area contributed by atoms with E-state index >= 15 is 0 Å². The molecule has 0 saturated heterocycles. The third kappa shape index (κ3) is 2.32. The second-order valence-electron chi connectivity index (χ2n) is 2.09. The van der Waals surface area contributed by atoms with E-state index in [1.165, 1.54) is 18.2 Å². The third-order valence-corrected chi connectivity index (χ3v) is 1.63. The van der Waals surface area contributed by atoms with Gasteiger partial charge in [-0.1, -0.05) is 11.6 Å². The van der Waals surface area contributed by atoms with Gasteiger partial charge < -0.3 is 0 Å². The van der Waals surface area contributed by atoms with E-state index in [0.29, 0.717) is 0 Å². The van der Waals surface area contributed by atoms with Gasteiger partial charge in [-0.3, -0.25) is 10.1 Å². The van der Waals surface area contributed by atoms with Gasteiger partial charge in [0.25, 0.3) is 5.69 Å². The van der Waals surface area contributed by atoms with Gasteiger partial charge in [0.2, 0.25) is 0 Å². The quantitative estimate of drug-likeness (QED) is 0.329. The number of benzene rings is 1. The SMILES string of the molecule is O=[N+]([O-])c1cc(Cl)ccc1N=C=S. The van der Waals surface area contributed by atoms with E-state index in [1.54, 1.807) is 0 Å². The highest BCUT2D eigenvalue weighted by atomic mass is 35.5. The minimum Gasteiger partial charge on any atom is -0.258 e. The van der Waals surface area contributed by atoms with Crippen molar-refractivity contribution in [2.75, 3.05) is 0 Å². The largest absolute Gasteiger partial charge is 0.297 e. The van der Waals surface area contributed by atoms with Crippen molar-refractivity contribution in [3.63, 3.8) is 0 Å². The summed E-state index contributed by atoms with van der Waals surface area (Å²) in [5.74, 6) is 0. The molecule has 0 saturated carbocycles. The molecule has 0 heterocycles. The lowest BCUT2D eigenvalue weighted by Crippen LogP contribution is -1.87. The third-order valence-electron chi connectivity index (χ3n) is 1.30. The van der Waals surface area contributed by atoms with E-state index in [0.717, 1.165) is 0 Å². The molecule has 0 radical (unpaired) electrons. The first-order valence-corrected chi connectivity index (χ1v) is 3.95. The fourth-order valence-electron chi connectivity index (χ4n) is 0.787. The van der Waals surface area contributed by atoms with Gasteiger partial charge >= 0.3 is 0 Å². The molecule has 0 unspecified atom stereocenters. The molecule has 0 atom stereocenters. The molecular weight excluding hydrogens is 212 g/mol. The summed E-state index contributed by atoms with van der Waals surface area (Å²) in [5.41, 5.74) is -0.0192. The van der Waals surface area contributed by atoms with E-state index in [9.17, 15) is 10.1 Å². The van der Waals surface area contributed by atoms with Crippen LogP contribution in [0.3, 0.4) is 0 Å². The lowest BCUT2D eigenvalue weighted by atomic mass is 10.3. The Hall–Kier alpha value is -1.29. The van der Waals surface area contributed by atoms with Crippen molar-refractivity contribution in [1.82, 2.24) is 0 Å². The van der Waals surface area contributed by atoms with Crippen LogP contribution in [0.15, 0.2) is 23.2 Å². The summed E-state index contributed by atoms with van der Waals surface area (Å²) in [5, 5.41) is 12.8. The average Bonchev–Trinajstić information content (AvgIpc) is 2.08. The number of hydrogen-bond donors (Lipinski definition) is 0. The number of nitrogens with zero attached hydrogens (tertiary/aromatic N) is 2. The van der Waals surface area contributed by atoms with Gasteiger partial charge in [0, 0.05) is 11.1 Å². The summed E-state index contributed by atoms with van der Waals surface area (Å²) >= 11 is 9.91.